The topological polar surface area (TPSA) is 82.8 Å². The summed E-state index contributed by atoms with van der Waals surface area (Å²) in [6.45, 7) is 2.13. The molecule has 2 heterocycles. The molecule has 4 N–H and O–H groups in total. The van der Waals surface area contributed by atoms with Crippen LogP contribution in [0.3, 0.4) is 0 Å². The Morgan fingerprint density at radius 1 is 1.22 bits per heavy atom. The highest BCUT2D eigenvalue weighted by Gasteiger charge is 2.11. The number of rotatable bonds is 1. The van der Waals surface area contributed by atoms with E-state index in [9.17, 15) is 0 Å². The summed E-state index contributed by atoms with van der Waals surface area (Å²) in [4.78, 5) is 8.28. The minimum absolute atomic E-state index is 0.214. The first-order valence-corrected chi connectivity index (χ1v) is 5.91. The summed E-state index contributed by atoms with van der Waals surface area (Å²) in [6.07, 6.45) is 0.975. The van der Waals surface area contributed by atoms with Gasteiger partial charge in [0.25, 0.3) is 0 Å². The Morgan fingerprint density at radius 2 is 2.00 bits per heavy atom. The molecule has 0 saturated carbocycles. The fourth-order valence-electron chi connectivity index (χ4n) is 2.48. The maximum Gasteiger partial charge on any atom is 0.222 e. The predicted octanol–water partition coefficient (Wildman–Crippen LogP) is 1.85. The molecule has 2 aromatic heterocycles. The van der Waals surface area contributed by atoms with Gasteiger partial charge >= 0.3 is 0 Å². The SMILES string of the molecule is CCc1cc2c3c(N)nc(N)nc3ccc2n1C. The molecule has 0 fully saturated rings. The second kappa shape index (κ2) is 3.60. The van der Waals surface area contributed by atoms with Gasteiger partial charge in [-0.05, 0) is 24.6 Å². The number of aryl methyl sites for hydroxylation is 2. The molecule has 92 valence electrons. The minimum Gasteiger partial charge on any atom is -0.383 e. The lowest BCUT2D eigenvalue weighted by atomic mass is 10.1. The normalized spacial score (nSPS) is 11.4. The quantitative estimate of drug-likeness (QED) is 0.681. The lowest BCUT2D eigenvalue weighted by Gasteiger charge is -2.05. The van der Waals surface area contributed by atoms with Crippen LogP contribution < -0.4 is 11.5 Å². The number of nitrogens with zero attached hydrogens (tertiary/aromatic N) is 3. The second-order valence-corrected chi connectivity index (χ2v) is 4.41. The molecule has 1 aromatic carbocycles. The van der Waals surface area contributed by atoms with Crippen molar-refractivity contribution in [3.8, 4) is 0 Å². The van der Waals surface area contributed by atoms with E-state index in [1.165, 1.54) is 5.69 Å². The Balaban J connectivity index is 2.53. The maximum atomic E-state index is 5.98. The molecule has 0 aliphatic rings. The van der Waals surface area contributed by atoms with Gasteiger partial charge in [-0.25, -0.2) is 4.98 Å². The van der Waals surface area contributed by atoms with E-state index in [1.807, 2.05) is 12.1 Å². The average molecular weight is 241 g/mol. The van der Waals surface area contributed by atoms with Crippen LogP contribution in [0.2, 0.25) is 0 Å². The molecule has 5 nitrogen and oxygen atoms in total. The zero-order chi connectivity index (χ0) is 12.9. The molecule has 0 aliphatic carbocycles. The van der Waals surface area contributed by atoms with Crippen molar-refractivity contribution in [2.45, 2.75) is 13.3 Å². The van der Waals surface area contributed by atoms with E-state index >= 15 is 0 Å². The largest absolute Gasteiger partial charge is 0.383 e. The summed E-state index contributed by atoms with van der Waals surface area (Å²) < 4.78 is 2.17. The smallest absolute Gasteiger partial charge is 0.222 e. The summed E-state index contributed by atoms with van der Waals surface area (Å²) in [5, 5.41) is 1.97. The third kappa shape index (κ3) is 1.33. The van der Waals surface area contributed by atoms with Crippen molar-refractivity contribution in [1.29, 1.82) is 0 Å². The molecule has 0 saturated heterocycles. The average Bonchev–Trinajstić information content (AvgIpc) is 2.65. The van der Waals surface area contributed by atoms with Crippen LogP contribution in [0.1, 0.15) is 12.6 Å². The molecule has 18 heavy (non-hydrogen) atoms. The third-order valence-electron chi connectivity index (χ3n) is 3.39. The van der Waals surface area contributed by atoms with Crippen molar-refractivity contribution < 1.29 is 0 Å². The lowest BCUT2D eigenvalue weighted by Crippen LogP contribution is -2.00. The van der Waals surface area contributed by atoms with Gasteiger partial charge in [0.05, 0.1) is 10.9 Å². The summed E-state index contributed by atoms with van der Waals surface area (Å²) in [5.74, 6) is 0.655. The van der Waals surface area contributed by atoms with Gasteiger partial charge in [0.1, 0.15) is 5.82 Å². The van der Waals surface area contributed by atoms with Crippen molar-refractivity contribution >= 4 is 33.6 Å². The van der Waals surface area contributed by atoms with Crippen molar-refractivity contribution in [2.24, 2.45) is 7.05 Å². The molecule has 0 amide bonds. The zero-order valence-corrected chi connectivity index (χ0v) is 10.4. The van der Waals surface area contributed by atoms with Crippen molar-refractivity contribution in [2.75, 3.05) is 11.5 Å². The third-order valence-corrected chi connectivity index (χ3v) is 3.39. The minimum atomic E-state index is 0.214. The van der Waals surface area contributed by atoms with E-state index in [4.69, 9.17) is 11.5 Å². The van der Waals surface area contributed by atoms with Gasteiger partial charge in [-0.15, -0.1) is 0 Å². The molecule has 5 heteroatoms. The summed E-state index contributed by atoms with van der Waals surface area (Å²) in [6, 6.07) is 6.13. The van der Waals surface area contributed by atoms with Gasteiger partial charge in [0.2, 0.25) is 5.95 Å². The molecule has 0 atom stereocenters. The summed E-state index contributed by atoms with van der Waals surface area (Å²) in [7, 11) is 2.06. The molecule has 0 spiro atoms. The molecular formula is C13H15N5. The fraction of sp³-hybridized carbons (Fsp3) is 0.231. The van der Waals surface area contributed by atoms with Crippen molar-refractivity contribution in [3.63, 3.8) is 0 Å². The van der Waals surface area contributed by atoms with Crippen molar-refractivity contribution in [1.82, 2.24) is 14.5 Å². The van der Waals surface area contributed by atoms with Gasteiger partial charge in [-0.2, -0.15) is 4.98 Å². The first-order chi connectivity index (χ1) is 8.61. The highest BCUT2D eigenvalue weighted by molar-refractivity contribution is 6.10. The zero-order valence-electron chi connectivity index (χ0n) is 10.4. The number of anilines is 2. The van der Waals surface area contributed by atoms with Crippen LogP contribution in [0.25, 0.3) is 21.8 Å². The van der Waals surface area contributed by atoms with Gasteiger partial charge in [0, 0.05) is 23.6 Å². The van der Waals surface area contributed by atoms with Gasteiger partial charge in [-0.3, -0.25) is 0 Å². The summed E-state index contributed by atoms with van der Waals surface area (Å²) in [5.41, 5.74) is 14.8. The van der Waals surface area contributed by atoms with Crippen LogP contribution in [0.15, 0.2) is 18.2 Å². The molecular weight excluding hydrogens is 226 g/mol. The molecule has 0 radical (unpaired) electrons. The number of hydrogen-bond donors (Lipinski definition) is 2. The Morgan fingerprint density at radius 3 is 2.72 bits per heavy atom. The molecule has 3 aromatic rings. The van der Waals surface area contributed by atoms with Crippen LogP contribution in [0.4, 0.5) is 11.8 Å². The Labute approximate surface area is 104 Å². The van der Waals surface area contributed by atoms with Gasteiger partial charge < -0.3 is 16.0 Å². The molecule has 0 bridgehead atoms. The lowest BCUT2D eigenvalue weighted by molar-refractivity contribution is 0.866. The Kier molecular flexibility index (Phi) is 2.16. The predicted molar refractivity (Wildman–Crippen MR) is 74.2 cm³/mol. The number of fused-ring (bicyclic) bond motifs is 3. The first-order valence-electron chi connectivity index (χ1n) is 5.91. The van der Waals surface area contributed by atoms with E-state index in [2.05, 4.69) is 34.6 Å². The molecule has 3 rings (SSSR count). The molecule has 0 unspecified atom stereocenters. The number of benzene rings is 1. The van der Waals surface area contributed by atoms with Crippen LogP contribution in [0, 0.1) is 0 Å². The van der Waals surface area contributed by atoms with E-state index in [1.54, 1.807) is 0 Å². The highest BCUT2D eigenvalue weighted by Crippen LogP contribution is 2.30. The first kappa shape index (κ1) is 10.8. The van der Waals surface area contributed by atoms with Crippen LogP contribution in [-0.4, -0.2) is 14.5 Å². The van der Waals surface area contributed by atoms with Crippen molar-refractivity contribution in [3.05, 3.63) is 23.9 Å². The van der Waals surface area contributed by atoms with Crippen LogP contribution in [-0.2, 0) is 13.5 Å². The molecule has 0 aliphatic heterocycles. The van der Waals surface area contributed by atoms with Crippen LogP contribution >= 0.6 is 0 Å². The van der Waals surface area contributed by atoms with Gasteiger partial charge in [-0.1, -0.05) is 6.92 Å². The maximum absolute atomic E-state index is 5.98. The highest BCUT2D eigenvalue weighted by atomic mass is 15.0. The number of hydrogen-bond acceptors (Lipinski definition) is 4. The van der Waals surface area contributed by atoms with E-state index < -0.39 is 0 Å². The monoisotopic (exact) mass is 241 g/mol. The number of aromatic nitrogens is 3. The summed E-state index contributed by atoms with van der Waals surface area (Å²) >= 11 is 0. The standard InChI is InChI=1S/C13H15N5/c1-3-7-6-8-10(18(7)2)5-4-9-11(8)12(14)17-13(15)16-9/h4-6H,3H2,1-2H3,(H4,14,15,16,17). The van der Waals surface area contributed by atoms with Gasteiger partial charge in [0.15, 0.2) is 0 Å². The Bertz CT molecular complexity index is 757. The van der Waals surface area contributed by atoms with Crippen LogP contribution in [0.5, 0.6) is 0 Å². The van der Waals surface area contributed by atoms with E-state index in [0.717, 1.165) is 28.2 Å². The fourth-order valence-corrected chi connectivity index (χ4v) is 2.48. The number of nitrogen functional groups attached to an aromatic ring is 2. The number of nitrogens with two attached hydrogens (primary N) is 2. The van der Waals surface area contributed by atoms with E-state index in [-0.39, 0.29) is 5.95 Å². The Hall–Kier alpha value is -2.30. The second-order valence-electron chi connectivity index (χ2n) is 4.41. The van der Waals surface area contributed by atoms with E-state index in [0.29, 0.717) is 5.82 Å².